The fourth-order valence-electron chi connectivity index (χ4n) is 1.34. The largest absolute Gasteiger partial charge is 0.296 e. The summed E-state index contributed by atoms with van der Waals surface area (Å²) in [5.41, 5.74) is 2.30. The average molecular weight is 222 g/mol. The molecule has 0 unspecified atom stereocenters. The second-order valence-corrected chi connectivity index (χ2v) is 4.90. The zero-order valence-corrected chi connectivity index (χ0v) is 9.65. The number of pyridine rings is 1. The lowest BCUT2D eigenvalue weighted by atomic mass is 10.3. The van der Waals surface area contributed by atoms with Gasteiger partial charge >= 0.3 is 0 Å². The summed E-state index contributed by atoms with van der Waals surface area (Å²) in [6.07, 6.45) is 3.56. The van der Waals surface area contributed by atoms with Gasteiger partial charge in [0.15, 0.2) is 3.95 Å². The number of aromatic nitrogens is 2. The second-order valence-electron chi connectivity index (χ2n) is 3.05. The SMILES string of the molecule is Cc1sc(=S)n(-c2ccncc2)c1C. The van der Waals surface area contributed by atoms with E-state index in [1.807, 2.05) is 12.1 Å². The molecule has 2 heterocycles. The highest BCUT2D eigenvalue weighted by Crippen LogP contribution is 2.21. The highest BCUT2D eigenvalue weighted by atomic mass is 32.1. The van der Waals surface area contributed by atoms with Gasteiger partial charge < -0.3 is 0 Å². The van der Waals surface area contributed by atoms with Gasteiger partial charge in [0.25, 0.3) is 0 Å². The number of hydrogen-bond donors (Lipinski definition) is 0. The summed E-state index contributed by atoms with van der Waals surface area (Å²) in [7, 11) is 0. The van der Waals surface area contributed by atoms with E-state index in [1.165, 1.54) is 10.6 Å². The van der Waals surface area contributed by atoms with Crippen LogP contribution >= 0.6 is 23.6 Å². The normalized spacial score (nSPS) is 10.4. The van der Waals surface area contributed by atoms with Gasteiger partial charge in [0.05, 0.1) is 5.69 Å². The topological polar surface area (TPSA) is 17.8 Å². The zero-order chi connectivity index (χ0) is 10.1. The van der Waals surface area contributed by atoms with E-state index >= 15 is 0 Å². The minimum atomic E-state index is 0.895. The maximum Gasteiger partial charge on any atom is 0.166 e. The first kappa shape index (κ1) is 9.55. The molecular weight excluding hydrogens is 212 g/mol. The zero-order valence-electron chi connectivity index (χ0n) is 8.02. The summed E-state index contributed by atoms with van der Waals surface area (Å²) >= 11 is 6.95. The van der Waals surface area contributed by atoms with Gasteiger partial charge in [0.1, 0.15) is 0 Å². The monoisotopic (exact) mass is 222 g/mol. The Balaban J connectivity index is 2.69. The maximum absolute atomic E-state index is 5.30. The molecule has 4 heteroatoms. The van der Waals surface area contributed by atoms with Gasteiger partial charge in [-0.2, -0.15) is 0 Å². The van der Waals surface area contributed by atoms with Crippen LogP contribution in [0.2, 0.25) is 0 Å². The van der Waals surface area contributed by atoms with E-state index in [9.17, 15) is 0 Å². The van der Waals surface area contributed by atoms with Crippen LogP contribution in [-0.2, 0) is 0 Å². The highest BCUT2D eigenvalue weighted by molar-refractivity contribution is 7.73. The number of thiazole rings is 1. The molecule has 0 aliphatic carbocycles. The van der Waals surface area contributed by atoms with Crippen molar-refractivity contribution in [1.82, 2.24) is 9.55 Å². The molecule has 0 bridgehead atoms. The Morgan fingerprint density at radius 2 is 1.93 bits per heavy atom. The summed E-state index contributed by atoms with van der Waals surface area (Å²) in [6.45, 7) is 4.18. The number of hydrogen-bond acceptors (Lipinski definition) is 3. The summed E-state index contributed by atoms with van der Waals surface area (Å²) in [5, 5.41) is 0. The minimum absolute atomic E-state index is 0.895. The summed E-state index contributed by atoms with van der Waals surface area (Å²) < 4.78 is 2.98. The third-order valence-electron chi connectivity index (χ3n) is 2.19. The van der Waals surface area contributed by atoms with Crippen LogP contribution in [0, 0.1) is 17.8 Å². The van der Waals surface area contributed by atoms with Crippen LogP contribution in [0.1, 0.15) is 10.6 Å². The Morgan fingerprint density at radius 1 is 1.29 bits per heavy atom. The lowest BCUT2D eigenvalue weighted by Gasteiger charge is -2.04. The van der Waals surface area contributed by atoms with Gasteiger partial charge in [-0.3, -0.25) is 9.55 Å². The van der Waals surface area contributed by atoms with Crippen LogP contribution < -0.4 is 0 Å². The second kappa shape index (κ2) is 3.63. The Hall–Kier alpha value is -1.00. The first-order valence-electron chi connectivity index (χ1n) is 4.29. The van der Waals surface area contributed by atoms with E-state index in [0.717, 1.165) is 9.64 Å². The fraction of sp³-hybridized carbons (Fsp3) is 0.200. The van der Waals surface area contributed by atoms with Gasteiger partial charge in [-0.05, 0) is 38.2 Å². The Bertz CT molecular complexity index is 497. The molecule has 0 N–H and O–H groups in total. The Morgan fingerprint density at radius 3 is 2.43 bits per heavy atom. The molecule has 2 aromatic rings. The van der Waals surface area contributed by atoms with E-state index in [1.54, 1.807) is 23.7 Å². The van der Waals surface area contributed by atoms with E-state index in [4.69, 9.17) is 12.2 Å². The molecule has 14 heavy (non-hydrogen) atoms. The predicted molar refractivity (Wildman–Crippen MR) is 61.7 cm³/mol. The molecule has 0 atom stereocenters. The molecule has 0 saturated heterocycles. The van der Waals surface area contributed by atoms with Crippen LogP contribution in [0.4, 0.5) is 0 Å². The van der Waals surface area contributed by atoms with Crippen LogP contribution in [0.5, 0.6) is 0 Å². The standard InChI is InChI=1S/C10H10N2S2/c1-7-8(2)14-10(13)12(7)9-3-5-11-6-4-9/h3-6H,1-2H3. The van der Waals surface area contributed by atoms with Crippen LogP contribution in [0.3, 0.4) is 0 Å². The predicted octanol–water partition coefficient (Wildman–Crippen LogP) is 3.28. The van der Waals surface area contributed by atoms with Crippen molar-refractivity contribution >= 4 is 23.6 Å². The Kier molecular flexibility index (Phi) is 2.48. The van der Waals surface area contributed by atoms with Crippen LogP contribution in [0.15, 0.2) is 24.5 Å². The van der Waals surface area contributed by atoms with Gasteiger partial charge in [0.2, 0.25) is 0 Å². The molecule has 2 aromatic heterocycles. The quantitative estimate of drug-likeness (QED) is 0.689. The van der Waals surface area contributed by atoms with Gasteiger partial charge in [-0.25, -0.2) is 0 Å². The van der Waals surface area contributed by atoms with Crippen molar-refractivity contribution < 1.29 is 0 Å². The van der Waals surface area contributed by atoms with Crippen LogP contribution in [-0.4, -0.2) is 9.55 Å². The van der Waals surface area contributed by atoms with E-state index in [-0.39, 0.29) is 0 Å². The molecule has 0 aliphatic heterocycles. The molecule has 0 spiro atoms. The number of aryl methyl sites for hydroxylation is 1. The summed E-state index contributed by atoms with van der Waals surface area (Å²) in [4.78, 5) is 5.26. The highest BCUT2D eigenvalue weighted by Gasteiger charge is 2.05. The first-order chi connectivity index (χ1) is 6.70. The van der Waals surface area contributed by atoms with Crippen molar-refractivity contribution in [1.29, 1.82) is 0 Å². The van der Waals surface area contributed by atoms with Crippen molar-refractivity contribution in [3.63, 3.8) is 0 Å². The smallest absolute Gasteiger partial charge is 0.166 e. The molecule has 0 radical (unpaired) electrons. The summed E-state index contributed by atoms with van der Waals surface area (Å²) in [6, 6.07) is 3.93. The van der Waals surface area contributed by atoms with Crippen molar-refractivity contribution in [2.75, 3.05) is 0 Å². The molecule has 0 aromatic carbocycles. The van der Waals surface area contributed by atoms with Gasteiger partial charge in [-0.1, -0.05) is 0 Å². The van der Waals surface area contributed by atoms with E-state index < -0.39 is 0 Å². The van der Waals surface area contributed by atoms with Crippen molar-refractivity contribution in [2.45, 2.75) is 13.8 Å². The molecule has 0 fully saturated rings. The minimum Gasteiger partial charge on any atom is -0.296 e. The summed E-state index contributed by atoms with van der Waals surface area (Å²) in [5.74, 6) is 0. The average Bonchev–Trinajstić information content (AvgIpc) is 2.43. The molecule has 2 nitrogen and oxygen atoms in total. The van der Waals surface area contributed by atoms with Crippen molar-refractivity contribution in [3.05, 3.63) is 39.1 Å². The van der Waals surface area contributed by atoms with E-state index in [0.29, 0.717) is 0 Å². The van der Waals surface area contributed by atoms with Gasteiger partial charge in [0, 0.05) is 23.0 Å². The van der Waals surface area contributed by atoms with Crippen molar-refractivity contribution in [3.8, 4) is 5.69 Å². The molecule has 0 saturated carbocycles. The third kappa shape index (κ3) is 1.51. The lowest BCUT2D eigenvalue weighted by molar-refractivity contribution is 0.989. The third-order valence-corrected chi connectivity index (χ3v) is 3.58. The van der Waals surface area contributed by atoms with Crippen LogP contribution in [0.25, 0.3) is 5.69 Å². The maximum atomic E-state index is 5.30. The number of nitrogens with zero attached hydrogens (tertiary/aromatic N) is 2. The Labute approximate surface area is 91.9 Å². The first-order valence-corrected chi connectivity index (χ1v) is 5.52. The van der Waals surface area contributed by atoms with Gasteiger partial charge in [-0.15, -0.1) is 11.3 Å². The van der Waals surface area contributed by atoms with E-state index in [2.05, 4.69) is 23.4 Å². The molecule has 2 rings (SSSR count). The number of rotatable bonds is 1. The molecular formula is C10H10N2S2. The van der Waals surface area contributed by atoms with Crippen molar-refractivity contribution in [2.24, 2.45) is 0 Å². The molecule has 0 aliphatic rings. The fourth-order valence-corrected chi connectivity index (χ4v) is 2.79. The lowest BCUT2D eigenvalue weighted by Crippen LogP contribution is -1.96. The molecule has 72 valence electrons. The molecule has 0 amide bonds.